The Morgan fingerprint density at radius 2 is 2.17 bits per heavy atom. The molecule has 1 atom stereocenters. The molecule has 1 aliphatic heterocycles. The molecule has 0 bridgehead atoms. The summed E-state index contributed by atoms with van der Waals surface area (Å²) in [6.45, 7) is 6.79. The number of aryl methyl sites for hydroxylation is 2. The van der Waals surface area contributed by atoms with Crippen LogP contribution in [0.25, 0.3) is 10.1 Å². The Kier molecular flexibility index (Phi) is 6.26. The van der Waals surface area contributed by atoms with Gasteiger partial charge in [0.25, 0.3) is 5.91 Å². The van der Waals surface area contributed by atoms with E-state index >= 15 is 0 Å². The molecular formula is C22H26N4O3S. The number of nitrogens with zero attached hydrogens (tertiary/aromatic N) is 3. The van der Waals surface area contributed by atoms with Crippen LogP contribution in [-0.4, -0.2) is 55.8 Å². The van der Waals surface area contributed by atoms with Crippen molar-refractivity contribution >= 4 is 33.1 Å². The Balaban J connectivity index is 1.67. The molecular weight excluding hydrogens is 400 g/mol. The number of benzene rings is 1. The van der Waals surface area contributed by atoms with Gasteiger partial charge in [0.1, 0.15) is 17.7 Å². The Morgan fingerprint density at radius 1 is 1.33 bits per heavy atom. The minimum atomic E-state index is -0.214. The number of methoxy groups -OCH3 is 1. The third kappa shape index (κ3) is 4.30. The predicted molar refractivity (Wildman–Crippen MR) is 118 cm³/mol. The molecule has 7 nitrogen and oxygen atoms in total. The summed E-state index contributed by atoms with van der Waals surface area (Å²) in [6.07, 6.45) is -0.214. The molecule has 158 valence electrons. The maximum absolute atomic E-state index is 12.9. The van der Waals surface area contributed by atoms with E-state index in [1.54, 1.807) is 7.11 Å². The van der Waals surface area contributed by atoms with Crippen molar-refractivity contribution in [3.05, 3.63) is 52.3 Å². The fraction of sp³-hybridized carbons (Fsp3) is 0.409. The van der Waals surface area contributed by atoms with Crippen molar-refractivity contribution in [2.24, 2.45) is 0 Å². The van der Waals surface area contributed by atoms with Crippen molar-refractivity contribution in [3.63, 3.8) is 0 Å². The van der Waals surface area contributed by atoms with Gasteiger partial charge in [-0.25, -0.2) is 9.97 Å². The molecule has 1 aromatic carbocycles. The summed E-state index contributed by atoms with van der Waals surface area (Å²) in [6, 6.07) is 10.1. The summed E-state index contributed by atoms with van der Waals surface area (Å²) in [5, 5.41) is 4.03. The summed E-state index contributed by atoms with van der Waals surface area (Å²) in [4.78, 5) is 24.9. The number of thiophene rings is 1. The molecule has 1 fully saturated rings. The first-order valence-corrected chi connectivity index (χ1v) is 10.9. The highest BCUT2D eigenvalue weighted by Gasteiger charge is 2.30. The fourth-order valence-corrected chi connectivity index (χ4v) is 4.96. The van der Waals surface area contributed by atoms with E-state index in [4.69, 9.17) is 9.47 Å². The van der Waals surface area contributed by atoms with Gasteiger partial charge in [-0.2, -0.15) is 0 Å². The first-order chi connectivity index (χ1) is 14.6. The molecule has 2 aromatic heterocycles. The van der Waals surface area contributed by atoms with Crippen LogP contribution in [0.15, 0.2) is 30.3 Å². The zero-order valence-corrected chi connectivity index (χ0v) is 18.3. The van der Waals surface area contributed by atoms with E-state index in [-0.39, 0.29) is 12.0 Å². The molecule has 1 unspecified atom stereocenters. The number of ether oxygens (including phenoxy) is 2. The third-order valence-electron chi connectivity index (χ3n) is 5.10. The van der Waals surface area contributed by atoms with Gasteiger partial charge in [0.15, 0.2) is 0 Å². The van der Waals surface area contributed by atoms with Crippen LogP contribution in [0, 0.1) is 13.8 Å². The number of morpholine rings is 1. The van der Waals surface area contributed by atoms with Gasteiger partial charge in [-0.05, 0) is 25.3 Å². The second-order valence-corrected chi connectivity index (χ2v) is 8.36. The van der Waals surface area contributed by atoms with Crippen molar-refractivity contribution in [2.45, 2.75) is 20.0 Å². The smallest absolute Gasteiger partial charge is 0.261 e. The van der Waals surface area contributed by atoms with Gasteiger partial charge in [-0.15, -0.1) is 11.3 Å². The highest BCUT2D eigenvalue weighted by atomic mass is 32.1. The molecule has 1 amide bonds. The van der Waals surface area contributed by atoms with E-state index in [9.17, 15) is 4.79 Å². The average Bonchev–Trinajstić information content (AvgIpc) is 3.13. The molecule has 0 radical (unpaired) electrons. The number of hydrogen-bond acceptors (Lipinski definition) is 7. The Hall–Kier alpha value is -2.55. The van der Waals surface area contributed by atoms with E-state index in [0.717, 1.165) is 39.5 Å². The van der Waals surface area contributed by atoms with Crippen LogP contribution in [0.3, 0.4) is 0 Å². The van der Waals surface area contributed by atoms with Gasteiger partial charge in [0.2, 0.25) is 0 Å². The molecule has 0 spiro atoms. The molecule has 3 heterocycles. The number of hydrogen-bond donors (Lipinski definition) is 1. The van der Waals surface area contributed by atoms with E-state index in [1.807, 2.05) is 38.1 Å². The van der Waals surface area contributed by atoms with Crippen LogP contribution in [0.4, 0.5) is 5.82 Å². The van der Waals surface area contributed by atoms with Gasteiger partial charge >= 0.3 is 0 Å². The van der Waals surface area contributed by atoms with Gasteiger partial charge in [-0.3, -0.25) is 4.79 Å². The summed E-state index contributed by atoms with van der Waals surface area (Å²) >= 11 is 1.51. The maximum atomic E-state index is 12.9. The Labute approximate surface area is 180 Å². The van der Waals surface area contributed by atoms with Crippen molar-refractivity contribution in [2.75, 3.05) is 44.9 Å². The number of amides is 1. The van der Waals surface area contributed by atoms with Crippen molar-refractivity contribution < 1.29 is 14.3 Å². The highest BCUT2D eigenvalue weighted by Crippen LogP contribution is 2.38. The number of anilines is 1. The second-order valence-electron chi connectivity index (χ2n) is 7.31. The minimum Gasteiger partial charge on any atom is -0.383 e. The Morgan fingerprint density at radius 3 is 2.97 bits per heavy atom. The van der Waals surface area contributed by atoms with Crippen LogP contribution >= 0.6 is 11.3 Å². The first-order valence-electron chi connectivity index (χ1n) is 10.0. The topological polar surface area (TPSA) is 76.6 Å². The van der Waals surface area contributed by atoms with E-state index in [1.165, 1.54) is 11.3 Å². The zero-order valence-electron chi connectivity index (χ0n) is 17.5. The standard InChI is InChI=1S/C22H26N4O3S/c1-14-12-19(25-15(2)24-14)26-9-11-29-17(13-26)20-16-6-4-5-7-18(16)30-21(20)22(27)23-8-10-28-3/h4-7,12,17H,8-11,13H2,1-3H3,(H,23,27). The van der Waals surface area contributed by atoms with Crippen LogP contribution in [0.1, 0.15) is 32.9 Å². The van der Waals surface area contributed by atoms with Gasteiger partial charge < -0.3 is 19.7 Å². The van der Waals surface area contributed by atoms with Crippen molar-refractivity contribution in [3.8, 4) is 0 Å². The number of fused-ring (bicyclic) bond motifs is 1. The lowest BCUT2D eigenvalue weighted by Crippen LogP contribution is -2.39. The lowest BCUT2D eigenvalue weighted by molar-refractivity contribution is 0.0399. The summed E-state index contributed by atoms with van der Waals surface area (Å²) < 4.78 is 12.3. The lowest BCUT2D eigenvalue weighted by atomic mass is 10.0. The summed E-state index contributed by atoms with van der Waals surface area (Å²) in [5.74, 6) is 1.57. The van der Waals surface area contributed by atoms with E-state index in [0.29, 0.717) is 31.2 Å². The first kappa shape index (κ1) is 20.7. The summed E-state index contributed by atoms with van der Waals surface area (Å²) in [7, 11) is 1.62. The van der Waals surface area contributed by atoms with E-state index < -0.39 is 0 Å². The normalized spacial score (nSPS) is 16.8. The molecule has 1 saturated heterocycles. The summed E-state index contributed by atoms with van der Waals surface area (Å²) in [5.41, 5.74) is 1.90. The minimum absolute atomic E-state index is 0.0855. The van der Waals surface area contributed by atoms with Crippen LogP contribution in [-0.2, 0) is 9.47 Å². The van der Waals surface area contributed by atoms with E-state index in [2.05, 4.69) is 26.3 Å². The monoisotopic (exact) mass is 426 g/mol. The molecule has 30 heavy (non-hydrogen) atoms. The van der Waals surface area contributed by atoms with Gasteiger partial charge in [-0.1, -0.05) is 18.2 Å². The third-order valence-corrected chi connectivity index (χ3v) is 6.28. The van der Waals surface area contributed by atoms with Crippen molar-refractivity contribution in [1.82, 2.24) is 15.3 Å². The van der Waals surface area contributed by atoms with Gasteiger partial charge in [0, 0.05) is 48.8 Å². The molecule has 8 heteroatoms. The van der Waals surface area contributed by atoms with Crippen molar-refractivity contribution in [1.29, 1.82) is 0 Å². The van der Waals surface area contributed by atoms with Crippen LogP contribution in [0.2, 0.25) is 0 Å². The van der Waals surface area contributed by atoms with Crippen LogP contribution in [0.5, 0.6) is 0 Å². The van der Waals surface area contributed by atoms with Gasteiger partial charge in [0.05, 0.1) is 18.1 Å². The predicted octanol–water partition coefficient (Wildman–Crippen LogP) is 3.26. The lowest BCUT2D eigenvalue weighted by Gasteiger charge is -2.34. The van der Waals surface area contributed by atoms with Crippen LogP contribution < -0.4 is 10.2 Å². The fourth-order valence-electron chi connectivity index (χ4n) is 3.79. The SMILES string of the molecule is COCCNC(=O)c1sc2ccccc2c1C1CN(c2cc(C)nc(C)n2)CCO1. The molecule has 3 aromatic rings. The highest BCUT2D eigenvalue weighted by molar-refractivity contribution is 7.21. The number of rotatable bonds is 6. The zero-order chi connectivity index (χ0) is 21.1. The maximum Gasteiger partial charge on any atom is 0.261 e. The largest absolute Gasteiger partial charge is 0.383 e. The second kappa shape index (κ2) is 9.07. The number of aromatic nitrogens is 2. The quantitative estimate of drug-likeness (QED) is 0.610. The molecule has 1 aliphatic rings. The number of nitrogens with one attached hydrogen (secondary N) is 1. The number of carbonyl (C=O) groups is 1. The molecule has 4 rings (SSSR count). The molecule has 1 N–H and O–H groups in total. The Bertz CT molecular complexity index is 1030. The molecule has 0 saturated carbocycles. The molecule has 0 aliphatic carbocycles. The average molecular weight is 427 g/mol. The number of carbonyl (C=O) groups excluding carboxylic acids is 1.